The SMILES string of the molecule is O=c1c(=Cc2ccc(N3N=C(c4ccccc4)CC3c3ccccc3)cc2)sc2nc(Cc3ccccc3)nn12. The maximum Gasteiger partial charge on any atom is 0.291 e. The van der Waals surface area contributed by atoms with Crippen molar-refractivity contribution < 1.29 is 0 Å². The van der Waals surface area contributed by atoms with Crippen molar-refractivity contribution >= 4 is 33.8 Å². The summed E-state index contributed by atoms with van der Waals surface area (Å²) < 4.78 is 2.03. The lowest BCUT2D eigenvalue weighted by molar-refractivity contribution is 0.709. The molecule has 1 atom stereocenters. The van der Waals surface area contributed by atoms with E-state index < -0.39 is 0 Å². The van der Waals surface area contributed by atoms with Crippen LogP contribution < -0.4 is 15.1 Å². The van der Waals surface area contributed by atoms with E-state index in [4.69, 9.17) is 5.10 Å². The number of rotatable bonds is 6. The number of benzene rings is 4. The molecule has 1 aliphatic rings. The van der Waals surface area contributed by atoms with Gasteiger partial charge in [-0.1, -0.05) is 114 Å². The number of fused-ring (bicyclic) bond motifs is 1. The van der Waals surface area contributed by atoms with E-state index in [-0.39, 0.29) is 11.6 Å². The average molecular weight is 540 g/mol. The molecule has 0 amide bonds. The van der Waals surface area contributed by atoms with Crippen LogP contribution in [0, 0.1) is 0 Å². The highest BCUT2D eigenvalue weighted by Gasteiger charge is 2.29. The van der Waals surface area contributed by atoms with Crippen molar-refractivity contribution in [1.82, 2.24) is 14.6 Å². The largest absolute Gasteiger partial charge is 0.291 e. The number of hydrazone groups is 1. The Kier molecular flexibility index (Phi) is 6.26. The van der Waals surface area contributed by atoms with Crippen LogP contribution in [0.5, 0.6) is 0 Å². The molecule has 0 bridgehead atoms. The molecule has 0 aliphatic carbocycles. The summed E-state index contributed by atoms with van der Waals surface area (Å²) in [5.74, 6) is 0.652. The Morgan fingerprint density at radius 2 is 1.50 bits per heavy atom. The molecular formula is C33H25N5OS. The van der Waals surface area contributed by atoms with Crippen LogP contribution in [0.15, 0.2) is 125 Å². The van der Waals surface area contributed by atoms with Gasteiger partial charge in [0.25, 0.3) is 5.56 Å². The standard InChI is InChI=1S/C33H25N5OS/c39-32-30(40-33-34-31(36-38(32)33)21-23-10-4-1-5-11-23)20-24-16-18-27(19-17-24)37-29(26-14-8-3-9-15-26)22-28(35-37)25-12-6-2-7-13-25/h1-20,29H,21-22H2. The smallest absolute Gasteiger partial charge is 0.266 e. The Morgan fingerprint density at radius 3 is 2.20 bits per heavy atom. The number of thiazole rings is 1. The van der Waals surface area contributed by atoms with Gasteiger partial charge in [0, 0.05) is 12.8 Å². The summed E-state index contributed by atoms with van der Waals surface area (Å²) in [5, 5.41) is 11.6. The minimum Gasteiger partial charge on any atom is -0.266 e. The average Bonchev–Trinajstić information content (AvgIpc) is 3.70. The van der Waals surface area contributed by atoms with E-state index in [2.05, 4.69) is 63.6 Å². The topological polar surface area (TPSA) is 62.9 Å². The number of anilines is 1. The van der Waals surface area contributed by atoms with Gasteiger partial charge in [0.1, 0.15) is 0 Å². The number of nitrogens with zero attached hydrogens (tertiary/aromatic N) is 5. The van der Waals surface area contributed by atoms with E-state index in [0.717, 1.165) is 34.5 Å². The third-order valence-corrected chi connectivity index (χ3v) is 8.05. The molecule has 0 radical (unpaired) electrons. The van der Waals surface area contributed by atoms with Gasteiger partial charge in [-0.3, -0.25) is 9.80 Å². The predicted octanol–water partition coefficient (Wildman–Crippen LogP) is 5.65. The van der Waals surface area contributed by atoms with Crippen molar-refractivity contribution in [2.24, 2.45) is 5.10 Å². The Labute approximate surface area is 235 Å². The highest BCUT2D eigenvalue weighted by Crippen LogP contribution is 2.36. The zero-order valence-electron chi connectivity index (χ0n) is 21.6. The van der Waals surface area contributed by atoms with Crippen molar-refractivity contribution in [1.29, 1.82) is 0 Å². The van der Waals surface area contributed by atoms with Crippen LogP contribution in [0.25, 0.3) is 11.0 Å². The van der Waals surface area contributed by atoms with Gasteiger partial charge < -0.3 is 0 Å². The molecular weight excluding hydrogens is 514 g/mol. The minimum atomic E-state index is -0.142. The maximum absolute atomic E-state index is 13.1. The molecule has 6 aromatic rings. The monoisotopic (exact) mass is 539 g/mol. The van der Waals surface area contributed by atoms with E-state index in [1.54, 1.807) is 0 Å². The summed E-state index contributed by atoms with van der Waals surface area (Å²) >= 11 is 1.36. The second-order valence-electron chi connectivity index (χ2n) is 9.78. The second-order valence-corrected chi connectivity index (χ2v) is 10.8. The Morgan fingerprint density at radius 1 is 0.825 bits per heavy atom. The van der Waals surface area contributed by atoms with Crippen LogP contribution in [-0.4, -0.2) is 20.3 Å². The predicted molar refractivity (Wildman–Crippen MR) is 161 cm³/mol. The molecule has 2 aromatic heterocycles. The van der Waals surface area contributed by atoms with Gasteiger partial charge in [-0.25, -0.2) is 4.98 Å². The molecule has 0 fully saturated rings. The van der Waals surface area contributed by atoms with E-state index in [9.17, 15) is 4.79 Å². The minimum absolute atomic E-state index is 0.112. The molecule has 194 valence electrons. The molecule has 3 heterocycles. The lowest BCUT2D eigenvalue weighted by atomic mass is 9.98. The molecule has 1 unspecified atom stereocenters. The van der Waals surface area contributed by atoms with E-state index in [1.165, 1.54) is 21.4 Å². The van der Waals surface area contributed by atoms with Crippen molar-refractivity contribution in [3.05, 3.63) is 158 Å². The molecule has 40 heavy (non-hydrogen) atoms. The van der Waals surface area contributed by atoms with Gasteiger partial charge in [0.15, 0.2) is 5.82 Å². The quantitative estimate of drug-likeness (QED) is 0.275. The maximum atomic E-state index is 13.1. The third kappa shape index (κ3) is 4.72. The fraction of sp³-hybridized carbons (Fsp3) is 0.0909. The summed E-state index contributed by atoms with van der Waals surface area (Å²) in [6.45, 7) is 0. The number of hydrogen-bond acceptors (Lipinski definition) is 6. The van der Waals surface area contributed by atoms with Crippen molar-refractivity contribution in [3.8, 4) is 0 Å². The first-order valence-electron chi connectivity index (χ1n) is 13.2. The molecule has 0 spiro atoms. The van der Waals surface area contributed by atoms with Crippen LogP contribution in [0.2, 0.25) is 0 Å². The summed E-state index contributed by atoms with van der Waals surface area (Å²) in [5.41, 5.74) is 6.36. The Balaban J connectivity index is 1.17. The lowest BCUT2D eigenvalue weighted by Crippen LogP contribution is -2.23. The second kappa shape index (κ2) is 10.4. The third-order valence-electron chi connectivity index (χ3n) is 7.09. The molecule has 4 aromatic carbocycles. The highest BCUT2D eigenvalue weighted by atomic mass is 32.1. The summed E-state index contributed by atoms with van der Waals surface area (Å²) in [6.07, 6.45) is 3.33. The first kappa shape index (κ1) is 24.2. The summed E-state index contributed by atoms with van der Waals surface area (Å²) in [7, 11) is 0. The van der Waals surface area contributed by atoms with Gasteiger partial charge in [-0.05, 0) is 40.5 Å². The molecule has 7 rings (SSSR count). The fourth-order valence-electron chi connectivity index (χ4n) is 5.09. The van der Waals surface area contributed by atoms with Crippen LogP contribution in [0.4, 0.5) is 5.69 Å². The van der Waals surface area contributed by atoms with Gasteiger partial charge in [-0.2, -0.15) is 9.62 Å². The molecule has 0 N–H and O–H groups in total. The van der Waals surface area contributed by atoms with Gasteiger partial charge in [-0.15, -0.1) is 5.10 Å². The Hall–Kier alpha value is -4.88. The molecule has 6 nitrogen and oxygen atoms in total. The summed E-state index contributed by atoms with van der Waals surface area (Å²) in [4.78, 5) is 18.3. The summed E-state index contributed by atoms with van der Waals surface area (Å²) in [6, 6.07) is 39.2. The van der Waals surface area contributed by atoms with E-state index in [1.807, 2.05) is 72.8 Å². The fourth-order valence-corrected chi connectivity index (χ4v) is 6.02. The molecule has 7 heteroatoms. The highest BCUT2D eigenvalue weighted by molar-refractivity contribution is 7.15. The van der Waals surface area contributed by atoms with Gasteiger partial charge >= 0.3 is 0 Å². The van der Waals surface area contributed by atoms with Crippen LogP contribution in [-0.2, 0) is 6.42 Å². The molecule has 0 saturated heterocycles. The first-order chi connectivity index (χ1) is 19.7. The van der Waals surface area contributed by atoms with Crippen LogP contribution in [0.1, 0.15) is 40.5 Å². The van der Waals surface area contributed by atoms with Gasteiger partial charge in [0.2, 0.25) is 4.96 Å². The molecule has 1 aliphatic heterocycles. The normalized spacial score (nSPS) is 15.6. The number of hydrogen-bond donors (Lipinski definition) is 0. The van der Waals surface area contributed by atoms with Crippen LogP contribution in [0.3, 0.4) is 0 Å². The lowest BCUT2D eigenvalue weighted by Gasteiger charge is -2.24. The number of aromatic nitrogens is 3. The zero-order valence-corrected chi connectivity index (χ0v) is 22.4. The van der Waals surface area contributed by atoms with E-state index in [0.29, 0.717) is 21.7 Å². The van der Waals surface area contributed by atoms with Crippen molar-refractivity contribution in [2.75, 3.05) is 5.01 Å². The van der Waals surface area contributed by atoms with Crippen molar-refractivity contribution in [3.63, 3.8) is 0 Å². The van der Waals surface area contributed by atoms with Crippen molar-refractivity contribution in [2.45, 2.75) is 18.9 Å². The zero-order chi connectivity index (χ0) is 26.9. The van der Waals surface area contributed by atoms with Crippen LogP contribution >= 0.6 is 11.3 Å². The molecule has 0 saturated carbocycles. The Bertz CT molecular complexity index is 1910. The van der Waals surface area contributed by atoms with E-state index >= 15 is 0 Å². The van der Waals surface area contributed by atoms with Gasteiger partial charge in [0.05, 0.1) is 22.0 Å². The first-order valence-corrected chi connectivity index (χ1v) is 14.0.